The van der Waals surface area contributed by atoms with Gasteiger partial charge in [-0.05, 0) is 63.4 Å². The molecule has 1 saturated carbocycles. The minimum absolute atomic E-state index is 0.317. The Morgan fingerprint density at radius 1 is 1.48 bits per heavy atom. The number of hydrogen-bond acceptors (Lipinski definition) is 4. The summed E-state index contributed by atoms with van der Waals surface area (Å²) in [6.07, 6.45) is 8.97. The van der Waals surface area contributed by atoms with E-state index in [2.05, 4.69) is 47.4 Å². The van der Waals surface area contributed by atoms with E-state index in [9.17, 15) is 5.26 Å². The minimum atomic E-state index is -0.317. The molecule has 1 heterocycles. The number of hydrogen-bond donors (Lipinski definition) is 1. The molecule has 1 aromatic heterocycles. The number of nitrogens with zero attached hydrogens (tertiary/aromatic N) is 3. The highest BCUT2D eigenvalue weighted by Crippen LogP contribution is 2.30. The first-order chi connectivity index (χ1) is 10.2. The number of pyridine rings is 1. The van der Waals surface area contributed by atoms with Gasteiger partial charge in [0.05, 0.1) is 6.07 Å². The van der Waals surface area contributed by atoms with Crippen molar-refractivity contribution in [1.82, 2.24) is 15.2 Å². The van der Waals surface area contributed by atoms with Gasteiger partial charge in [-0.2, -0.15) is 5.26 Å². The molecule has 2 atom stereocenters. The van der Waals surface area contributed by atoms with Gasteiger partial charge in [-0.25, -0.2) is 0 Å². The van der Waals surface area contributed by atoms with Crippen molar-refractivity contribution in [3.05, 3.63) is 30.1 Å². The van der Waals surface area contributed by atoms with Crippen LogP contribution in [0.3, 0.4) is 0 Å². The normalized spacial score (nSPS) is 25.7. The zero-order valence-electron chi connectivity index (χ0n) is 13.2. The molecular formula is C17H26N4. The van der Waals surface area contributed by atoms with Gasteiger partial charge in [-0.15, -0.1) is 0 Å². The Morgan fingerprint density at radius 3 is 2.90 bits per heavy atom. The second-order valence-electron chi connectivity index (χ2n) is 6.06. The first-order valence-corrected chi connectivity index (χ1v) is 7.94. The van der Waals surface area contributed by atoms with Crippen LogP contribution in [-0.4, -0.2) is 41.6 Å². The monoisotopic (exact) mass is 286 g/mol. The van der Waals surface area contributed by atoms with Crippen molar-refractivity contribution in [2.75, 3.05) is 20.1 Å². The molecule has 21 heavy (non-hydrogen) atoms. The number of likely N-dealkylation sites (N-methyl/N-ethyl adjacent to an activating group) is 1. The van der Waals surface area contributed by atoms with E-state index >= 15 is 0 Å². The van der Waals surface area contributed by atoms with Crippen LogP contribution in [-0.2, 0) is 6.42 Å². The SMILES string of the molecule is CCNC1(C#N)CCCC(N(C)CCc2ccncc2)C1. The second kappa shape index (κ2) is 7.53. The average Bonchev–Trinajstić information content (AvgIpc) is 2.54. The van der Waals surface area contributed by atoms with Crippen molar-refractivity contribution in [2.45, 2.75) is 50.6 Å². The Kier molecular flexibility index (Phi) is 5.72. The molecule has 2 unspecified atom stereocenters. The smallest absolute Gasteiger partial charge is 0.108 e. The van der Waals surface area contributed by atoms with Crippen molar-refractivity contribution in [3.8, 4) is 6.07 Å². The zero-order chi connectivity index (χ0) is 15.1. The lowest BCUT2D eigenvalue weighted by Crippen LogP contribution is -2.52. The maximum atomic E-state index is 9.54. The quantitative estimate of drug-likeness (QED) is 0.872. The van der Waals surface area contributed by atoms with E-state index in [1.54, 1.807) is 0 Å². The molecule has 0 radical (unpaired) electrons. The van der Waals surface area contributed by atoms with Crippen LogP contribution in [0.2, 0.25) is 0 Å². The maximum Gasteiger partial charge on any atom is 0.108 e. The number of rotatable bonds is 6. The van der Waals surface area contributed by atoms with Gasteiger partial charge in [0.25, 0.3) is 0 Å². The average molecular weight is 286 g/mol. The minimum Gasteiger partial charge on any atom is -0.303 e. The topological polar surface area (TPSA) is 52.0 Å². The van der Waals surface area contributed by atoms with Crippen molar-refractivity contribution in [1.29, 1.82) is 5.26 Å². The fraction of sp³-hybridized carbons (Fsp3) is 0.647. The molecule has 1 aromatic rings. The van der Waals surface area contributed by atoms with Crippen LogP contribution in [0.4, 0.5) is 0 Å². The number of aromatic nitrogens is 1. The molecule has 1 aliphatic carbocycles. The van der Waals surface area contributed by atoms with Crippen LogP contribution in [0.15, 0.2) is 24.5 Å². The Balaban J connectivity index is 1.90. The molecule has 114 valence electrons. The van der Waals surface area contributed by atoms with Crippen LogP contribution >= 0.6 is 0 Å². The Morgan fingerprint density at radius 2 is 2.24 bits per heavy atom. The highest BCUT2D eigenvalue weighted by Gasteiger charge is 2.37. The zero-order valence-corrected chi connectivity index (χ0v) is 13.2. The highest BCUT2D eigenvalue weighted by atomic mass is 15.1. The molecule has 0 saturated heterocycles. The lowest BCUT2D eigenvalue weighted by Gasteiger charge is -2.40. The van der Waals surface area contributed by atoms with Crippen molar-refractivity contribution in [2.24, 2.45) is 0 Å². The second-order valence-corrected chi connectivity index (χ2v) is 6.06. The van der Waals surface area contributed by atoms with E-state index in [0.717, 1.165) is 38.8 Å². The van der Waals surface area contributed by atoms with E-state index < -0.39 is 0 Å². The van der Waals surface area contributed by atoms with E-state index in [1.807, 2.05) is 12.4 Å². The summed E-state index contributed by atoms with van der Waals surface area (Å²) in [6, 6.07) is 7.18. The highest BCUT2D eigenvalue weighted by molar-refractivity contribution is 5.12. The summed E-state index contributed by atoms with van der Waals surface area (Å²) in [5.41, 5.74) is 1.01. The van der Waals surface area contributed by atoms with Gasteiger partial charge in [0.2, 0.25) is 0 Å². The van der Waals surface area contributed by atoms with Crippen LogP contribution in [0, 0.1) is 11.3 Å². The third-order valence-electron chi connectivity index (χ3n) is 4.58. The Hall–Kier alpha value is -1.44. The molecule has 4 heteroatoms. The predicted octanol–water partition coefficient (Wildman–Crippen LogP) is 2.37. The molecule has 4 nitrogen and oxygen atoms in total. The number of nitrogens with one attached hydrogen (secondary N) is 1. The van der Waals surface area contributed by atoms with Gasteiger partial charge in [0, 0.05) is 25.0 Å². The summed E-state index contributed by atoms with van der Waals surface area (Å²) in [7, 11) is 2.19. The van der Waals surface area contributed by atoms with Crippen LogP contribution in [0.1, 0.15) is 38.2 Å². The molecule has 1 N–H and O–H groups in total. The molecule has 0 aromatic carbocycles. The van der Waals surface area contributed by atoms with Crippen LogP contribution in [0.25, 0.3) is 0 Å². The molecule has 0 spiro atoms. The molecule has 0 bridgehead atoms. The maximum absolute atomic E-state index is 9.54. The fourth-order valence-electron chi connectivity index (χ4n) is 3.30. The summed E-state index contributed by atoms with van der Waals surface area (Å²) in [6.45, 7) is 3.97. The Labute approximate surface area is 128 Å². The molecule has 0 aliphatic heterocycles. The third kappa shape index (κ3) is 4.26. The van der Waals surface area contributed by atoms with Gasteiger partial charge >= 0.3 is 0 Å². The lowest BCUT2D eigenvalue weighted by atomic mass is 9.79. The van der Waals surface area contributed by atoms with Gasteiger partial charge < -0.3 is 4.90 Å². The number of nitriles is 1. The van der Waals surface area contributed by atoms with Crippen molar-refractivity contribution in [3.63, 3.8) is 0 Å². The summed E-state index contributed by atoms with van der Waals surface area (Å²) in [5, 5.41) is 13.0. The summed E-state index contributed by atoms with van der Waals surface area (Å²) >= 11 is 0. The van der Waals surface area contributed by atoms with E-state index in [0.29, 0.717) is 6.04 Å². The predicted molar refractivity (Wildman–Crippen MR) is 84.8 cm³/mol. The molecule has 1 aliphatic rings. The van der Waals surface area contributed by atoms with Crippen LogP contribution in [0.5, 0.6) is 0 Å². The summed E-state index contributed by atoms with van der Waals surface area (Å²) in [4.78, 5) is 6.47. The lowest BCUT2D eigenvalue weighted by molar-refractivity contribution is 0.146. The third-order valence-corrected chi connectivity index (χ3v) is 4.58. The van der Waals surface area contributed by atoms with Crippen LogP contribution < -0.4 is 5.32 Å². The van der Waals surface area contributed by atoms with E-state index in [-0.39, 0.29) is 5.54 Å². The van der Waals surface area contributed by atoms with Gasteiger partial charge in [-0.1, -0.05) is 6.92 Å². The first-order valence-electron chi connectivity index (χ1n) is 7.94. The largest absolute Gasteiger partial charge is 0.303 e. The van der Waals surface area contributed by atoms with Crippen molar-refractivity contribution < 1.29 is 0 Å². The van der Waals surface area contributed by atoms with Gasteiger partial charge in [0.15, 0.2) is 0 Å². The van der Waals surface area contributed by atoms with Gasteiger partial charge in [0.1, 0.15) is 5.54 Å². The van der Waals surface area contributed by atoms with Crippen molar-refractivity contribution >= 4 is 0 Å². The molecular weight excluding hydrogens is 260 g/mol. The van der Waals surface area contributed by atoms with E-state index in [1.165, 1.54) is 12.0 Å². The van der Waals surface area contributed by atoms with E-state index in [4.69, 9.17) is 0 Å². The van der Waals surface area contributed by atoms with Gasteiger partial charge in [-0.3, -0.25) is 10.3 Å². The summed E-state index contributed by atoms with van der Waals surface area (Å²) < 4.78 is 0. The fourth-order valence-corrected chi connectivity index (χ4v) is 3.30. The standard InChI is InChI=1S/C17H26N4/c1-3-20-17(14-18)9-4-5-16(13-17)21(2)12-8-15-6-10-19-11-7-15/h6-7,10-11,16,20H,3-5,8-9,12-13H2,1-2H3. The molecule has 2 rings (SSSR count). The summed E-state index contributed by atoms with van der Waals surface area (Å²) in [5.74, 6) is 0. The molecule has 0 amide bonds. The molecule has 1 fully saturated rings. The first kappa shape index (κ1) is 15.9. The Bertz CT molecular complexity index is 463.